The predicted molar refractivity (Wildman–Crippen MR) is 77.9 cm³/mol. The fraction of sp³-hybridized carbons (Fsp3) is 0.0714. The van der Waals surface area contributed by atoms with Crippen LogP contribution >= 0.6 is 0 Å². The molecule has 1 heterocycles. The van der Waals surface area contributed by atoms with E-state index in [1.54, 1.807) is 30.0 Å². The molecule has 0 unspecified atom stereocenters. The van der Waals surface area contributed by atoms with E-state index in [-0.39, 0.29) is 5.84 Å². The molecular weight excluding hydrogens is 270 g/mol. The molecule has 0 spiro atoms. The maximum Gasteiger partial charge on any atom is 0.172 e. The SMILES string of the molecule is COc1ccc(/C(N)=N/O)c(-n2nnc3ccccc32)c1. The van der Waals surface area contributed by atoms with Gasteiger partial charge in [-0.2, -0.15) is 0 Å². The molecule has 0 aliphatic carbocycles. The molecule has 0 atom stereocenters. The molecule has 3 aromatic rings. The van der Waals surface area contributed by atoms with Gasteiger partial charge in [0.1, 0.15) is 11.3 Å². The van der Waals surface area contributed by atoms with Gasteiger partial charge >= 0.3 is 0 Å². The van der Waals surface area contributed by atoms with E-state index in [0.717, 1.165) is 11.0 Å². The highest BCUT2D eigenvalue weighted by molar-refractivity contribution is 6.01. The van der Waals surface area contributed by atoms with Gasteiger partial charge in [-0.05, 0) is 24.3 Å². The number of ether oxygens (including phenoxy) is 1. The van der Waals surface area contributed by atoms with Crippen LogP contribution in [0.2, 0.25) is 0 Å². The first kappa shape index (κ1) is 12.9. The van der Waals surface area contributed by atoms with E-state index in [4.69, 9.17) is 15.7 Å². The number of nitrogens with two attached hydrogens (primary N) is 1. The van der Waals surface area contributed by atoms with E-state index < -0.39 is 0 Å². The molecule has 0 aliphatic rings. The zero-order valence-corrected chi connectivity index (χ0v) is 11.3. The highest BCUT2D eigenvalue weighted by Crippen LogP contribution is 2.24. The summed E-state index contributed by atoms with van der Waals surface area (Å²) in [6.45, 7) is 0. The van der Waals surface area contributed by atoms with Crippen molar-refractivity contribution in [3.05, 3.63) is 48.0 Å². The highest BCUT2D eigenvalue weighted by atomic mass is 16.5. The van der Waals surface area contributed by atoms with E-state index in [1.165, 1.54) is 0 Å². The van der Waals surface area contributed by atoms with Crippen LogP contribution in [-0.2, 0) is 0 Å². The third-order valence-corrected chi connectivity index (χ3v) is 3.17. The number of para-hydroxylation sites is 1. The van der Waals surface area contributed by atoms with Gasteiger partial charge in [-0.25, -0.2) is 4.68 Å². The zero-order valence-electron chi connectivity index (χ0n) is 11.3. The average molecular weight is 283 g/mol. The summed E-state index contributed by atoms with van der Waals surface area (Å²) in [6, 6.07) is 12.7. The van der Waals surface area contributed by atoms with Crippen LogP contribution in [0.4, 0.5) is 0 Å². The molecule has 2 aromatic carbocycles. The second kappa shape index (κ2) is 5.12. The Morgan fingerprint density at radius 3 is 2.86 bits per heavy atom. The molecule has 3 rings (SSSR count). The molecule has 3 N–H and O–H groups in total. The minimum atomic E-state index is -0.00719. The van der Waals surface area contributed by atoms with Crippen LogP contribution in [0.3, 0.4) is 0 Å². The molecule has 7 heteroatoms. The van der Waals surface area contributed by atoms with Gasteiger partial charge in [0.15, 0.2) is 5.84 Å². The van der Waals surface area contributed by atoms with Gasteiger partial charge in [-0.1, -0.05) is 22.5 Å². The van der Waals surface area contributed by atoms with E-state index in [2.05, 4.69) is 15.5 Å². The van der Waals surface area contributed by atoms with Crippen LogP contribution in [0.1, 0.15) is 5.56 Å². The summed E-state index contributed by atoms with van der Waals surface area (Å²) in [5.41, 5.74) is 8.47. The molecule has 1 aromatic heterocycles. The Morgan fingerprint density at radius 1 is 1.29 bits per heavy atom. The number of nitrogens with zero attached hydrogens (tertiary/aromatic N) is 4. The summed E-state index contributed by atoms with van der Waals surface area (Å²) in [6.07, 6.45) is 0. The van der Waals surface area contributed by atoms with E-state index in [9.17, 15) is 0 Å². The van der Waals surface area contributed by atoms with Crippen molar-refractivity contribution in [3.8, 4) is 11.4 Å². The molecule has 106 valence electrons. The maximum atomic E-state index is 8.94. The third-order valence-electron chi connectivity index (χ3n) is 3.17. The summed E-state index contributed by atoms with van der Waals surface area (Å²) < 4.78 is 6.86. The number of rotatable bonds is 3. The summed E-state index contributed by atoms with van der Waals surface area (Å²) in [5, 5.41) is 20.2. The van der Waals surface area contributed by atoms with Gasteiger partial charge in [-0.15, -0.1) is 5.10 Å². The lowest BCUT2D eigenvalue weighted by Crippen LogP contribution is -2.17. The van der Waals surface area contributed by atoms with Crippen LogP contribution in [0.15, 0.2) is 47.6 Å². The van der Waals surface area contributed by atoms with Crippen LogP contribution in [0.5, 0.6) is 5.75 Å². The number of hydrogen-bond donors (Lipinski definition) is 2. The molecule has 0 saturated heterocycles. The van der Waals surface area contributed by atoms with Crippen molar-refractivity contribution in [2.45, 2.75) is 0 Å². The summed E-state index contributed by atoms with van der Waals surface area (Å²) >= 11 is 0. The van der Waals surface area contributed by atoms with E-state index >= 15 is 0 Å². The molecule has 0 fully saturated rings. The largest absolute Gasteiger partial charge is 0.497 e. The number of aromatic nitrogens is 3. The quantitative estimate of drug-likeness (QED) is 0.329. The Bertz CT molecular complexity index is 825. The molecule has 21 heavy (non-hydrogen) atoms. The van der Waals surface area contributed by atoms with Crippen LogP contribution < -0.4 is 10.5 Å². The first-order valence-electron chi connectivity index (χ1n) is 6.21. The van der Waals surface area contributed by atoms with Crippen molar-refractivity contribution in [1.82, 2.24) is 15.0 Å². The minimum Gasteiger partial charge on any atom is -0.497 e. The predicted octanol–water partition coefficient (Wildman–Crippen LogP) is 1.52. The Labute approximate surface area is 120 Å². The standard InChI is InChI=1S/C14H13N5O2/c1-21-9-6-7-10(14(15)17-20)13(8-9)19-12-5-3-2-4-11(12)16-18-19/h2-8,20H,1H3,(H2,15,17). The zero-order chi connectivity index (χ0) is 14.8. The van der Waals surface area contributed by atoms with Crippen molar-refractivity contribution < 1.29 is 9.94 Å². The first-order valence-corrected chi connectivity index (χ1v) is 6.21. The van der Waals surface area contributed by atoms with Crippen molar-refractivity contribution in [1.29, 1.82) is 0 Å². The molecular formula is C14H13N5O2. The first-order chi connectivity index (χ1) is 10.2. The van der Waals surface area contributed by atoms with Gasteiger partial charge in [0.05, 0.1) is 18.3 Å². The lowest BCUT2D eigenvalue weighted by molar-refractivity contribution is 0.318. The number of methoxy groups -OCH3 is 1. The van der Waals surface area contributed by atoms with Crippen LogP contribution in [0, 0.1) is 0 Å². The molecule has 0 amide bonds. The van der Waals surface area contributed by atoms with Gasteiger partial charge in [-0.3, -0.25) is 0 Å². The van der Waals surface area contributed by atoms with Gasteiger partial charge in [0.25, 0.3) is 0 Å². The van der Waals surface area contributed by atoms with Crippen molar-refractivity contribution in [3.63, 3.8) is 0 Å². The Kier molecular flexibility index (Phi) is 3.15. The lowest BCUT2D eigenvalue weighted by atomic mass is 10.1. The maximum absolute atomic E-state index is 8.94. The third kappa shape index (κ3) is 2.14. The summed E-state index contributed by atoms with van der Waals surface area (Å²) in [5.74, 6) is 0.631. The molecule has 0 saturated carbocycles. The number of amidine groups is 1. The number of benzene rings is 2. The van der Waals surface area contributed by atoms with Gasteiger partial charge in [0.2, 0.25) is 0 Å². The number of fused-ring (bicyclic) bond motifs is 1. The van der Waals surface area contributed by atoms with Gasteiger partial charge in [0, 0.05) is 11.6 Å². The molecule has 0 radical (unpaired) electrons. The highest BCUT2D eigenvalue weighted by Gasteiger charge is 2.14. The van der Waals surface area contributed by atoms with Crippen LogP contribution in [0.25, 0.3) is 16.7 Å². The Morgan fingerprint density at radius 2 is 2.10 bits per heavy atom. The number of hydrogen-bond acceptors (Lipinski definition) is 5. The lowest BCUT2D eigenvalue weighted by Gasteiger charge is -2.10. The van der Waals surface area contributed by atoms with Gasteiger partial charge < -0.3 is 15.7 Å². The van der Waals surface area contributed by atoms with E-state index in [0.29, 0.717) is 17.0 Å². The number of oxime groups is 1. The summed E-state index contributed by atoms with van der Waals surface area (Å²) in [4.78, 5) is 0. The fourth-order valence-electron chi connectivity index (χ4n) is 2.13. The normalized spacial score (nSPS) is 11.8. The minimum absolute atomic E-state index is 0.00719. The second-order valence-corrected chi connectivity index (χ2v) is 4.36. The Balaban J connectivity index is 2.29. The van der Waals surface area contributed by atoms with Crippen molar-refractivity contribution >= 4 is 16.9 Å². The summed E-state index contributed by atoms with van der Waals surface area (Å²) in [7, 11) is 1.57. The fourth-order valence-corrected chi connectivity index (χ4v) is 2.13. The average Bonchev–Trinajstić information content (AvgIpc) is 2.97. The van der Waals surface area contributed by atoms with Crippen LogP contribution in [-0.4, -0.2) is 33.1 Å². The Hall–Kier alpha value is -3.09. The molecule has 7 nitrogen and oxygen atoms in total. The van der Waals surface area contributed by atoms with Crippen molar-refractivity contribution in [2.75, 3.05) is 7.11 Å². The molecule has 0 aliphatic heterocycles. The smallest absolute Gasteiger partial charge is 0.172 e. The second-order valence-electron chi connectivity index (χ2n) is 4.36. The van der Waals surface area contributed by atoms with E-state index in [1.807, 2.05) is 24.3 Å². The monoisotopic (exact) mass is 283 g/mol. The van der Waals surface area contributed by atoms with Crippen molar-refractivity contribution in [2.24, 2.45) is 10.9 Å². The molecule has 0 bridgehead atoms. The topological polar surface area (TPSA) is 98.6 Å².